The molecule has 0 saturated carbocycles. The average molecular weight is 234 g/mol. The molecule has 0 bridgehead atoms. The van der Waals surface area contributed by atoms with E-state index in [2.05, 4.69) is 8.92 Å². The number of halogens is 3. The minimum Gasteiger partial charge on any atom is -0.466 e. The van der Waals surface area contributed by atoms with E-state index in [-0.39, 0.29) is 13.0 Å². The van der Waals surface area contributed by atoms with E-state index < -0.39 is 29.2 Å². The van der Waals surface area contributed by atoms with Crippen molar-refractivity contribution in [2.45, 2.75) is 18.9 Å². The number of esters is 1. The molecular formula is C6H9F3O4S. The summed E-state index contributed by atoms with van der Waals surface area (Å²) in [4.78, 5) is 10.6. The van der Waals surface area contributed by atoms with E-state index in [1.54, 1.807) is 6.92 Å². The molecule has 14 heavy (non-hydrogen) atoms. The first-order chi connectivity index (χ1) is 6.38. The lowest BCUT2D eigenvalue weighted by atomic mass is 10.5. The second kappa shape index (κ2) is 5.97. The Balaban J connectivity index is 3.65. The maximum absolute atomic E-state index is 11.6. The van der Waals surface area contributed by atoms with Gasteiger partial charge in [0.25, 0.3) is 11.1 Å². The smallest absolute Gasteiger partial charge is 0.466 e. The minimum atomic E-state index is -4.91. The van der Waals surface area contributed by atoms with Crippen LogP contribution in [-0.4, -0.2) is 28.9 Å². The SMILES string of the molecule is CCOC(=O)CCOS(=O)C(F)(F)F. The number of rotatable bonds is 5. The molecule has 84 valence electrons. The molecule has 0 spiro atoms. The molecule has 0 saturated heterocycles. The van der Waals surface area contributed by atoms with Crippen molar-refractivity contribution in [1.29, 1.82) is 0 Å². The van der Waals surface area contributed by atoms with Crippen molar-refractivity contribution in [1.82, 2.24) is 0 Å². The highest BCUT2D eigenvalue weighted by Gasteiger charge is 2.38. The highest BCUT2D eigenvalue weighted by atomic mass is 32.2. The standard InChI is InChI=1S/C6H9F3O4S/c1-2-12-5(10)3-4-13-14(11)6(7,8)9/h2-4H2,1H3. The van der Waals surface area contributed by atoms with Crippen LogP contribution in [0.1, 0.15) is 13.3 Å². The summed E-state index contributed by atoms with van der Waals surface area (Å²) >= 11 is -3.37. The monoisotopic (exact) mass is 234 g/mol. The van der Waals surface area contributed by atoms with Crippen LogP contribution in [0.4, 0.5) is 13.2 Å². The Labute approximate surface area is 81.0 Å². The van der Waals surface area contributed by atoms with E-state index in [1.807, 2.05) is 0 Å². The third-order valence-corrected chi connectivity index (χ3v) is 1.75. The van der Waals surface area contributed by atoms with Gasteiger partial charge in [0.15, 0.2) is 0 Å². The Morgan fingerprint density at radius 3 is 2.43 bits per heavy atom. The molecule has 0 aliphatic heterocycles. The summed E-state index contributed by atoms with van der Waals surface area (Å²) in [7, 11) is 0. The van der Waals surface area contributed by atoms with Crippen LogP contribution in [0.2, 0.25) is 0 Å². The van der Waals surface area contributed by atoms with Crippen molar-refractivity contribution in [2.24, 2.45) is 0 Å². The van der Waals surface area contributed by atoms with Crippen LogP contribution in [-0.2, 0) is 24.8 Å². The van der Waals surface area contributed by atoms with Gasteiger partial charge in [-0.25, -0.2) is 4.21 Å². The van der Waals surface area contributed by atoms with Gasteiger partial charge < -0.3 is 4.74 Å². The Morgan fingerprint density at radius 1 is 1.43 bits per heavy atom. The van der Waals surface area contributed by atoms with Crippen LogP contribution >= 0.6 is 0 Å². The van der Waals surface area contributed by atoms with Crippen LogP contribution in [0.25, 0.3) is 0 Å². The first-order valence-electron chi connectivity index (χ1n) is 3.65. The largest absolute Gasteiger partial charge is 0.497 e. The van der Waals surface area contributed by atoms with Gasteiger partial charge >= 0.3 is 11.5 Å². The van der Waals surface area contributed by atoms with Crippen LogP contribution in [0, 0.1) is 0 Å². The van der Waals surface area contributed by atoms with E-state index in [4.69, 9.17) is 0 Å². The van der Waals surface area contributed by atoms with Crippen molar-refractivity contribution in [2.75, 3.05) is 13.2 Å². The van der Waals surface area contributed by atoms with Gasteiger partial charge in [-0.15, -0.1) is 0 Å². The maximum Gasteiger partial charge on any atom is 0.497 e. The van der Waals surface area contributed by atoms with Crippen LogP contribution in [0.5, 0.6) is 0 Å². The number of hydrogen-bond donors (Lipinski definition) is 0. The lowest BCUT2D eigenvalue weighted by Crippen LogP contribution is -2.20. The maximum atomic E-state index is 11.6. The molecule has 1 unspecified atom stereocenters. The molecular weight excluding hydrogens is 225 g/mol. The fraction of sp³-hybridized carbons (Fsp3) is 0.833. The lowest BCUT2D eigenvalue weighted by Gasteiger charge is -2.05. The quantitative estimate of drug-likeness (QED) is 0.669. The molecule has 0 aromatic rings. The molecule has 0 aliphatic carbocycles. The minimum absolute atomic E-state index is 0.140. The van der Waals surface area contributed by atoms with Crippen LogP contribution in [0.3, 0.4) is 0 Å². The van der Waals surface area contributed by atoms with Gasteiger partial charge in [0, 0.05) is 0 Å². The van der Waals surface area contributed by atoms with Crippen molar-refractivity contribution >= 4 is 17.0 Å². The van der Waals surface area contributed by atoms with Gasteiger partial charge in [-0.3, -0.25) is 8.98 Å². The highest BCUT2D eigenvalue weighted by Crippen LogP contribution is 2.20. The van der Waals surface area contributed by atoms with E-state index >= 15 is 0 Å². The van der Waals surface area contributed by atoms with Crippen LogP contribution in [0.15, 0.2) is 0 Å². The third-order valence-electron chi connectivity index (χ3n) is 0.991. The van der Waals surface area contributed by atoms with Crippen LogP contribution < -0.4 is 0 Å². The zero-order valence-corrected chi connectivity index (χ0v) is 8.11. The summed E-state index contributed by atoms with van der Waals surface area (Å²) in [5.41, 5.74) is -4.91. The molecule has 0 amide bonds. The normalized spacial score (nSPS) is 13.7. The van der Waals surface area contributed by atoms with E-state index in [0.717, 1.165) is 0 Å². The van der Waals surface area contributed by atoms with Crippen molar-refractivity contribution < 1.29 is 31.1 Å². The lowest BCUT2D eigenvalue weighted by molar-refractivity contribution is -0.143. The predicted octanol–water partition coefficient (Wildman–Crippen LogP) is 1.14. The van der Waals surface area contributed by atoms with Gasteiger partial charge in [-0.1, -0.05) is 0 Å². The topological polar surface area (TPSA) is 52.6 Å². The Kier molecular flexibility index (Phi) is 5.70. The number of carbonyl (C=O) groups is 1. The second-order valence-electron chi connectivity index (χ2n) is 2.06. The summed E-state index contributed by atoms with van der Waals surface area (Å²) in [5.74, 6) is -0.688. The van der Waals surface area contributed by atoms with E-state index in [1.165, 1.54) is 0 Å². The zero-order chi connectivity index (χ0) is 11.2. The first kappa shape index (κ1) is 13.4. The third kappa shape index (κ3) is 5.92. The fourth-order valence-electron chi connectivity index (χ4n) is 0.501. The number of hydrogen-bond acceptors (Lipinski definition) is 4. The summed E-state index contributed by atoms with van der Waals surface area (Å²) < 4.78 is 53.2. The Hall–Kier alpha value is -0.630. The van der Waals surface area contributed by atoms with Gasteiger partial charge in [-0.2, -0.15) is 13.2 Å². The molecule has 0 aromatic carbocycles. The number of carbonyl (C=O) groups excluding carboxylic acids is 1. The summed E-state index contributed by atoms with van der Waals surface area (Å²) in [6.45, 7) is 1.12. The molecule has 0 fully saturated rings. The first-order valence-corrected chi connectivity index (χ1v) is 4.73. The molecule has 0 radical (unpaired) electrons. The fourth-order valence-corrected chi connectivity index (χ4v) is 0.869. The van der Waals surface area contributed by atoms with Gasteiger partial charge in [0.2, 0.25) is 0 Å². The highest BCUT2D eigenvalue weighted by molar-refractivity contribution is 7.81. The Morgan fingerprint density at radius 2 is 2.00 bits per heavy atom. The van der Waals surface area contributed by atoms with E-state index in [9.17, 15) is 22.2 Å². The predicted molar refractivity (Wildman–Crippen MR) is 41.4 cm³/mol. The van der Waals surface area contributed by atoms with Gasteiger partial charge in [0.05, 0.1) is 19.6 Å². The molecule has 0 rings (SSSR count). The molecule has 0 aliphatic rings. The summed E-state index contributed by atoms with van der Waals surface area (Å²) in [6, 6.07) is 0. The molecule has 0 heterocycles. The summed E-state index contributed by atoms with van der Waals surface area (Å²) in [5, 5.41) is 0. The van der Waals surface area contributed by atoms with Crippen molar-refractivity contribution in [3.8, 4) is 0 Å². The zero-order valence-electron chi connectivity index (χ0n) is 7.30. The molecule has 0 N–H and O–H groups in total. The molecule has 8 heteroatoms. The molecule has 0 aromatic heterocycles. The van der Waals surface area contributed by atoms with Crippen molar-refractivity contribution in [3.05, 3.63) is 0 Å². The molecule has 1 atom stereocenters. The summed E-state index contributed by atoms with van der Waals surface area (Å²) in [6.07, 6.45) is -0.352. The van der Waals surface area contributed by atoms with E-state index in [0.29, 0.717) is 0 Å². The number of ether oxygens (including phenoxy) is 1. The Bertz CT molecular complexity index is 216. The van der Waals surface area contributed by atoms with Gasteiger partial charge in [0.1, 0.15) is 0 Å². The van der Waals surface area contributed by atoms with Gasteiger partial charge in [-0.05, 0) is 6.92 Å². The second-order valence-corrected chi connectivity index (χ2v) is 3.23. The van der Waals surface area contributed by atoms with Crippen molar-refractivity contribution in [3.63, 3.8) is 0 Å². The number of alkyl halides is 3. The average Bonchev–Trinajstić information content (AvgIpc) is 2.02. The molecule has 4 nitrogen and oxygen atoms in total.